The molecule has 0 saturated heterocycles. The van der Waals surface area contributed by atoms with Crippen LogP contribution in [-0.2, 0) is 38.1 Å². The maximum atomic E-state index is 12.5. The summed E-state index contributed by atoms with van der Waals surface area (Å²) in [7, 11) is 3.86. The van der Waals surface area contributed by atoms with Gasteiger partial charge in [-0.3, -0.25) is 19.2 Å². The minimum Gasteiger partial charge on any atom is -0.462 e. The van der Waals surface area contributed by atoms with E-state index in [0.29, 0.717) is 25.7 Å². The van der Waals surface area contributed by atoms with Crippen molar-refractivity contribution in [1.29, 1.82) is 0 Å². The molecule has 0 amide bonds. The highest BCUT2D eigenvalue weighted by atomic mass is 16.6. The van der Waals surface area contributed by atoms with Crippen LogP contribution in [0.2, 0.25) is 0 Å². The lowest BCUT2D eigenvalue weighted by Gasteiger charge is -2.19. The van der Waals surface area contributed by atoms with E-state index in [4.69, 9.17) is 18.9 Å². The van der Waals surface area contributed by atoms with Crippen molar-refractivity contribution in [1.82, 2.24) is 4.90 Å². The van der Waals surface area contributed by atoms with Crippen LogP contribution in [0.15, 0.2) is 36.5 Å². The van der Waals surface area contributed by atoms with E-state index in [2.05, 4.69) is 43.4 Å². The number of hydrogen-bond acceptors (Lipinski definition) is 9. The number of carbonyl (C=O) groups excluding carboxylic acids is 4. The summed E-state index contributed by atoms with van der Waals surface area (Å²) in [6.45, 7) is 7.95. The number of hydrogen-bond donors (Lipinski definition) is 0. The molecule has 0 heterocycles. The quantitative estimate of drug-likeness (QED) is 0.0381. The second kappa shape index (κ2) is 28.3. The monoisotopic (exact) mass is 649 g/mol. The molecule has 0 aromatic heterocycles. The van der Waals surface area contributed by atoms with Crippen LogP contribution in [-0.4, -0.2) is 74.3 Å². The number of allylic oxidation sites excluding steroid dienone is 6. The topological polar surface area (TPSA) is 108 Å². The number of nitrogens with zero attached hydrogens (tertiary/aromatic N) is 1. The third-order valence-corrected chi connectivity index (χ3v) is 6.61. The average Bonchev–Trinajstić information content (AvgIpc) is 2.97. The molecule has 0 aromatic carbocycles. The summed E-state index contributed by atoms with van der Waals surface area (Å²) in [5.74, 6) is -1.55. The van der Waals surface area contributed by atoms with E-state index in [0.717, 1.165) is 57.9 Å². The number of esters is 4. The fourth-order valence-electron chi connectivity index (χ4n) is 4.24. The lowest BCUT2D eigenvalue weighted by Crippen LogP contribution is -2.31. The molecule has 0 aliphatic carbocycles. The molecule has 46 heavy (non-hydrogen) atoms. The molecule has 0 spiro atoms. The predicted molar refractivity (Wildman–Crippen MR) is 183 cm³/mol. The first-order valence-corrected chi connectivity index (χ1v) is 17.2. The molecule has 0 bridgehead atoms. The van der Waals surface area contributed by atoms with Crippen LogP contribution in [0.3, 0.4) is 0 Å². The van der Waals surface area contributed by atoms with Crippen molar-refractivity contribution in [2.75, 3.05) is 33.9 Å². The van der Waals surface area contributed by atoms with Gasteiger partial charge >= 0.3 is 23.9 Å². The molecule has 0 N–H and O–H groups in total. The van der Waals surface area contributed by atoms with Crippen LogP contribution < -0.4 is 0 Å². The van der Waals surface area contributed by atoms with Crippen molar-refractivity contribution in [3.8, 4) is 0 Å². The first kappa shape index (κ1) is 43.1. The lowest BCUT2D eigenvalue weighted by atomic mass is 10.1. The van der Waals surface area contributed by atoms with E-state index >= 15 is 0 Å². The SMILES string of the molecule is CC/C=C\C/C=C\C/C=C\CCCCCCCC(=O)OC(COC(=O)CCCCC(=O)OC(C)(C)C)COC(=O)CCCN(C)C. The molecular weight excluding hydrogens is 586 g/mol. The molecule has 1 atom stereocenters. The van der Waals surface area contributed by atoms with Gasteiger partial charge in [0.2, 0.25) is 0 Å². The van der Waals surface area contributed by atoms with Crippen LogP contribution >= 0.6 is 0 Å². The lowest BCUT2D eigenvalue weighted by molar-refractivity contribution is -0.167. The van der Waals surface area contributed by atoms with Crippen molar-refractivity contribution < 1.29 is 38.1 Å². The summed E-state index contributed by atoms with van der Waals surface area (Å²) >= 11 is 0. The molecule has 0 aromatic rings. The van der Waals surface area contributed by atoms with E-state index in [-0.39, 0.29) is 50.8 Å². The van der Waals surface area contributed by atoms with Crippen molar-refractivity contribution in [2.24, 2.45) is 0 Å². The summed E-state index contributed by atoms with van der Waals surface area (Å²) in [5, 5.41) is 0. The predicted octanol–water partition coefficient (Wildman–Crippen LogP) is 7.82. The van der Waals surface area contributed by atoms with Gasteiger partial charge in [0.1, 0.15) is 18.8 Å². The molecule has 0 rings (SSSR count). The van der Waals surface area contributed by atoms with Crippen molar-refractivity contribution in [2.45, 2.75) is 142 Å². The Balaban J connectivity index is 4.40. The van der Waals surface area contributed by atoms with Gasteiger partial charge in [0.15, 0.2) is 6.10 Å². The third-order valence-electron chi connectivity index (χ3n) is 6.61. The molecule has 0 saturated carbocycles. The zero-order valence-electron chi connectivity index (χ0n) is 29.7. The zero-order valence-corrected chi connectivity index (χ0v) is 29.7. The number of unbranched alkanes of at least 4 members (excludes halogenated alkanes) is 6. The van der Waals surface area contributed by atoms with E-state index in [1.807, 2.05) is 39.8 Å². The van der Waals surface area contributed by atoms with Gasteiger partial charge in [0, 0.05) is 25.7 Å². The van der Waals surface area contributed by atoms with Gasteiger partial charge in [-0.1, -0.05) is 62.6 Å². The number of carbonyl (C=O) groups is 4. The summed E-state index contributed by atoms with van der Waals surface area (Å²) in [4.78, 5) is 50.8. The van der Waals surface area contributed by atoms with Gasteiger partial charge in [0.25, 0.3) is 0 Å². The Morgan fingerprint density at radius 2 is 1.09 bits per heavy atom. The Labute approximate surface area is 279 Å². The smallest absolute Gasteiger partial charge is 0.306 e. The molecule has 9 nitrogen and oxygen atoms in total. The van der Waals surface area contributed by atoms with Crippen LogP contribution in [0.4, 0.5) is 0 Å². The third kappa shape index (κ3) is 31.1. The molecule has 0 aliphatic heterocycles. The molecule has 0 aliphatic rings. The standard InChI is InChI=1S/C37H63NO8/c1-7-8-9-10-11-12-13-14-15-16-17-18-19-20-21-26-35(41)45-32(31-44-34(40)28-24-29-38(5)6)30-43-33(39)25-22-23-27-36(42)46-37(2,3)4/h8-9,11-12,14-15,32H,7,10,13,16-31H2,1-6H3/b9-8-,12-11-,15-14-. The number of rotatable bonds is 27. The van der Waals surface area contributed by atoms with E-state index in [1.165, 1.54) is 0 Å². The minimum atomic E-state index is -0.870. The molecule has 0 fully saturated rings. The van der Waals surface area contributed by atoms with Gasteiger partial charge in [-0.15, -0.1) is 0 Å². The maximum absolute atomic E-state index is 12.5. The van der Waals surface area contributed by atoms with Crippen LogP contribution in [0.5, 0.6) is 0 Å². The first-order chi connectivity index (χ1) is 21.9. The van der Waals surface area contributed by atoms with Gasteiger partial charge in [-0.2, -0.15) is 0 Å². The molecule has 0 radical (unpaired) electrons. The van der Waals surface area contributed by atoms with E-state index < -0.39 is 23.6 Å². The fraction of sp³-hybridized carbons (Fsp3) is 0.730. The Kier molecular flexibility index (Phi) is 26.5. The Hall–Kier alpha value is -2.94. The summed E-state index contributed by atoms with van der Waals surface area (Å²) < 4.78 is 21.5. The van der Waals surface area contributed by atoms with Gasteiger partial charge in [-0.05, 0) is 99.2 Å². The van der Waals surface area contributed by atoms with E-state index in [1.54, 1.807) is 0 Å². The summed E-state index contributed by atoms with van der Waals surface area (Å²) in [5.41, 5.74) is -0.542. The molecule has 1 unspecified atom stereocenters. The minimum absolute atomic E-state index is 0.123. The second-order valence-electron chi connectivity index (χ2n) is 12.8. The fourth-order valence-corrected chi connectivity index (χ4v) is 4.24. The summed E-state index contributed by atoms with van der Waals surface area (Å²) in [6, 6.07) is 0. The zero-order chi connectivity index (χ0) is 34.5. The largest absolute Gasteiger partial charge is 0.462 e. The Bertz CT molecular complexity index is 917. The summed E-state index contributed by atoms with van der Waals surface area (Å²) in [6.07, 6.45) is 23.8. The van der Waals surface area contributed by atoms with Gasteiger partial charge in [0.05, 0.1) is 0 Å². The van der Waals surface area contributed by atoms with Crippen LogP contribution in [0.1, 0.15) is 130 Å². The highest BCUT2D eigenvalue weighted by molar-refractivity contribution is 5.71. The molecular formula is C37H63NO8. The van der Waals surface area contributed by atoms with E-state index in [9.17, 15) is 19.2 Å². The maximum Gasteiger partial charge on any atom is 0.306 e. The van der Waals surface area contributed by atoms with Crippen molar-refractivity contribution in [3.63, 3.8) is 0 Å². The normalized spacial score (nSPS) is 12.7. The molecule has 264 valence electrons. The van der Waals surface area contributed by atoms with Gasteiger partial charge < -0.3 is 23.8 Å². The Morgan fingerprint density at radius 3 is 1.67 bits per heavy atom. The number of ether oxygens (including phenoxy) is 4. The Morgan fingerprint density at radius 1 is 0.609 bits per heavy atom. The van der Waals surface area contributed by atoms with Crippen LogP contribution in [0.25, 0.3) is 0 Å². The van der Waals surface area contributed by atoms with Crippen LogP contribution in [0, 0.1) is 0 Å². The highest BCUT2D eigenvalue weighted by Gasteiger charge is 2.20. The van der Waals surface area contributed by atoms with Crippen molar-refractivity contribution in [3.05, 3.63) is 36.5 Å². The molecule has 9 heteroatoms. The van der Waals surface area contributed by atoms with Crippen molar-refractivity contribution >= 4 is 23.9 Å². The average molecular weight is 650 g/mol. The first-order valence-electron chi connectivity index (χ1n) is 17.2. The second-order valence-corrected chi connectivity index (χ2v) is 12.8. The highest BCUT2D eigenvalue weighted by Crippen LogP contribution is 2.12. The van der Waals surface area contributed by atoms with Gasteiger partial charge in [-0.25, -0.2) is 0 Å².